The molecule has 10 aromatic rings. The minimum absolute atomic E-state index is 0.0916. The molecule has 0 N–H and O–H groups in total. The first kappa shape index (κ1) is 33.0. The number of fused-ring (bicyclic) bond motifs is 6. The number of rotatable bonds is 6. The van der Waals surface area contributed by atoms with Gasteiger partial charge in [-0.2, -0.15) is 0 Å². The van der Waals surface area contributed by atoms with Crippen LogP contribution in [0.15, 0.2) is 199 Å². The molecular formula is C53H35N3O. The highest BCUT2D eigenvalue weighted by Gasteiger charge is 2.28. The highest BCUT2D eigenvalue weighted by molar-refractivity contribution is 6.09. The standard InChI is InChI=1S/C53H35N3O/c1-4-14-34(15-5-1)37-26-27-40-32-47(48-33-39(28-29-43(48)46(40)31-37)42-23-13-24-45-44-22-10-11-25-49(44)57-50(42)45)38-20-12-21-41(30-38)53-55-51(35-16-6-2-7-17-35)54-52(56-53)36-18-8-3-9-19-36/h1-31,33,47H,32H2. The van der Waals surface area contributed by atoms with Gasteiger partial charge in [0.15, 0.2) is 17.5 Å². The van der Waals surface area contributed by atoms with Crippen LogP contribution in [0, 0.1) is 0 Å². The maximum Gasteiger partial charge on any atom is 0.164 e. The molecule has 2 aromatic heterocycles. The number of hydrogen-bond acceptors (Lipinski definition) is 4. The third kappa shape index (κ3) is 5.90. The van der Waals surface area contributed by atoms with Crippen molar-refractivity contribution in [2.45, 2.75) is 12.3 Å². The Kier molecular flexibility index (Phi) is 7.92. The van der Waals surface area contributed by atoms with Crippen LogP contribution in [0.3, 0.4) is 0 Å². The summed E-state index contributed by atoms with van der Waals surface area (Å²) in [6.45, 7) is 0. The summed E-state index contributed by atoms with van der Waals surface area (Å²) in [6.07, 6.45) is 0.862. The van der Waals surface area contributed by atoms with Crippen molar-refractivity contribution in [2.75, 3.05) is 0 Å². The van der Waals surface area contributed by atoms with Crippen LogP contribution in [-0.2, 0) is 6.42 Å². The summed E-state index contributed by atoms with van der Waals surface area (Å²) in [4.78, 5) is 15.1. The van der Waals surface area contributed by atoms with Gasteiger partial charge in [-0.15, -0.1) is 0 Å². The minimum Gasteiger partial charge on any atom is -0.455 e. The van der Waals surface area contributed by atoms with Gasteiger partial charge in [0.05, 0.1) is 0 Å². The summed E-state index contributed by atoms with van der Waals surface area (Å²) in [5.74, 6) is 2.05. The second-order valence-electron chi connectivity index (χ2n) is 14.7. The lowest BCUT2D eigenvalue weighted by atomic mass is 9.74. The molecule has 0 spiro atoms. The van der Waals surface area contributed by atoms with E-state index in [4.69, 9.17) is 19.4 Å². The lowest BCUT2D eigenvalue weighted by Gasteiger charge is -2.30. The van der Waals surface area contributed by atoms with Gasteiger partial charge in [0.25, 0.3) is 0 Å². The van der Waals surface area contributed by atoms with Gasteiger partial charge in [0.2, 0.25) is 0 Å². The summed E-state index contributed by atoms with van der Waals surface area (Å²) >= 11 is 0. The molecule has 1 unspecified atom stereocenters. The van der Waals surface area contributed by atoms with Gasteiger partial charge >= 0.3 is 0 Å². The zero-order valence-corrected chi connectivity index (χ0v) is 31.0. The molecular weight excluding hydrogens is 695 g/mol. The van der Waals surface area contributed by atoms with E-state index in [1.165, 1.54) is 38.9 Å². The third-order valence-corrected chi connectivity index (χ3v) is 11.3. The number of nitrogens with zero attached hydrogens (tertiary/aromatic N) is 3. The van der Waals surface area contributed by atoms with Crippen molar-refractivity contribution < 1.29 is 4.42 Å². The molecule has 268 valence electrons. The Labute approximate surface area is 330 Å². The van der Waals surface area contributed by atoms with Gasteiger partial charge in [-0.1, -0.05) is 170 Å². The largest absolute Gasteiger partial charge is 0.455 e. The van der Waals surface area contributed by atoms with Crippen LogP contribution in [0.1, 0.15) is 22.6 Å². The highest BCUT2D eigenvalue weighted by Crippen LogP contribution is 2.47. The lowest BCUT2D eigenvalue weighted by molar-refractivity contribution is 0.670. The number of hydrogen-bond donors (Lipinski definition) is 0. The molecule has 1 atom stereocenters. The van der Waals surface area contributed by atoms with Crippen molar-refractivity contribution >= 4 is 21.9 Å². The molecule has 1 aliphatic carbocycles. The smallest absolute Gasteiger partial charge is 0.164 e. The van der Waals surface area contributed by atoms with Crippen molar-refractivity contribution in [1.82, 2.24) is 15.0 Å². The van der Waals surface area contributed by atoms with Crippen molar-refractivity contribution in [1.29, 1.82) is 0 Å². The van der Waals surface area contributed by atoms with Crippen LogP contribution >= 0.6 is 0 Å². The first-order valence-corrected chi connectivity index (χ1v) is 19.4. The minimum atomic E-state index is 0.0916. The Morgan fingerprint density at radius 2 is 0.982 bits per heavy atom. The van der Waals surface area contributed by atoms with E-state index in [0.717, 1.165) is 56.2 Å². The van der Waals surface area contributed by atoms with Gasteiger partial charge in [0.1, 0.15) is 11.2 Å². The van der Waals surface area contributed by atoms with Gasteiger partial charge in [-0.05, 0) is 75.2 Å². The van der Waals surface area contributed by atoms with Gasteiger partial charge in [0, 0.05) is 38.9 Å². The SMILES string of the molecule is c1ccc(-c2ccc3c(c2)-c2ccc(-c4cccc5c4oc4ccccc45)cc2C(c2cccc(-c4nc(-c5ccccc5)nc(-c5ccccc5)n4)c2)C3)cc1. The van der Waals surface area contributed by atoms with E-state index < -0.39 is 0 Å². The van der Waals surface area contributed by atoms with Gasteiger partial charge in [-0.25, -0.2) is 15.0 Å². The van der Waals surface area contributed by atoms with Crippen molar-refractivity contribution in [3.8, 4) is 67.5 Å². The number of furan rings is 1. The monoisotopic (exact) mass is 729 g/mol. The number of aromatic nitrogens is 3. The Balaban J connectivity index is 1.07. The van der Waals surface area contributed by atoms with Crippen molar-refractivity contribution in [3.63, 3.8) is 0 Å². The Morgan fingerprint density at radius 1 is 0.386 bits per heavy atom. The molecule has 4 nitrogen and oxygen atoms in total. The van der Waals surface area contributed by atoms with Crippen LogP contribution in [0.4, 0.5) is 0 Å². The molecule has 1 aliphatic rings. The fraction of sp³-hybridized carbons (Fsp3) is 0.0377. The maximum atomic E-state index is 6.54. The summed E-state index contributed by atoms with van der Waals surface area (Å²) < 4.78 is 6.54. The summed E-state index contributed by atoms with van der Waals surface area (Å²) in [5.41, 5.74) is 15.7. The van der Waals surface area contributed by atoms with E-state index in [2.05, 4.69) is 121 Å². The number of para-hydroxylation sites is 2. The summed E-state index contributed by atoms with van der Waals surface area (Å²) in [7, 11) is 0. The maximum absolute atomic E-state index is 6.54. The highest BCUT2D eigenvalue weighted by atomic mass is 16.3. The Bertz CT molecular complexity index is 3040. The summed E-state index contributed by atoms with van der Waals surface area (Å²) in [5, 5.41) is 2.26. The third-order valence-electron chi connectivity index (χ3n) is 11.3. The van der Waals surface area contributed by atoms with E-state index in [1.54, 1.807) is 0 Å². The van der Waals surface area contributed by atoms with E-state index >= 15 is 0 Å². The molecule has 57 heavy (non-hydrogen) atoms. The first-order chi connectivity index (χ1) is 28.2. The Hall–Kier alpha value is -7.43. The molecule has 0 bridgehead atoms. The van der Waals surface area contributed by atoms with Crippen LogP contribution in [0.5, 0.6) is 0 Å². The molecule has 11 rings (SSSR count). The molecule has 4 heteroatoms. The molecule has 0 fully saturated rings. The predicted octanol–water partition coefficient (Wildman–Crippen LogP) is 13.5. The van der Waals surface area contributed by atoms with E-state index in [1.807, 2.05) is 72.8 Å². The molecule has 8 aromatic carbocycles. The van der Waals surface area contributed by atoms with Crippen LogP contribution < -0.4 is 0 Å². The van der Waals surface area contributed by atoms with Crippen LogP contribution in [0.25, 0.3) is 89.5 Å². The second kappa shape index (κ2) is 13.7. The van der Waals surface area contributed by atoms with Crippen molar-refractivity contribution in [3.05, 3.63) is 211 Å². The first-order valence-electron chi connectivity index (χ1n) is 19.4. The predicted molar refractivity (Wildman–Crippen MR) is 232 cm³/mol. The molecule has 0 saturated carbocycles. The average Bonchev–Trinajstić information content (AvgIpc) is 3.68. The van der Waals surface area contributed by atoms with Crippen LogP contribution in [-0.4, -0.2) is 15.0 Å². The van der Waals surface area contributed by atoms with Gasteiger partial charge in [-0.3, -0.25) is 0 Å². The normalized spacial score (nSPS) is 13.4. The molecule has 0 amide bonds. The van der Waals surface area contributed by atoms with E-state index in [9.17, 15) is 0 Å². The van der Waals surface area contributed by atoms with E-state index in [0.29, 0.717) is 17.5 Å². The molecule has 0 aliphatic heterocycles. The topological polar surface area (TPSA) is 51.8 Å². The Morgan fingerprint density at radius 3 is 1.72 bits per heavy atom. The zero-order chi connectivity index (χ0) is 37.7. The second-order valence-corrected chi connectivity index (χ2v) is 14.7. The lowest BCUT2D eigenvalue weighted by Crippen LogP contribution is -2.13. The summed E-state index contributed by atoms with van der Waals surface area (Å²) in [6, 6.07) is 68.5. The van der Waals surface area contributed by atoms with Gasteiger partial charge < -0.3 is 4.42 Å². The molecule has 0 radical (unpaired) electrons. The fourth-order valence-electron chi connectivity index (χ4n) is 8.51. The van der Waals surface area contributed by atoms with Crippen LogP contribution in [0.2, 0.25) is 0 Å². The molecule has 0 saturated heterocycles. The quantitative estimate of drug-likeness (QED) is 0.171. The molecule has 2 heterocycles. The van der Waals surface area contributed by atoms with E-state index in [-0.39, 0.29) is 5.92 Å². The zero-order valence-electron chi connectivity index (χ0n) is 31.0. The number of benzene rings is 8. The van der Waals surface area contributed by atoms with Crippen molar-refractivity contribution in [2.24, 2.45) is 0 Å². The fourth-order valence-corrected chi connectivity index (χ4v) is 8.51. The average molecular weight is 730 g/mol.